The summed E-state index contributed by atoms with van der Waals surface area (Å²) < 4.78 is 28.9. The van der Waals surface area contributed by atoms with Gasteiger partial charge in [0.1, 0.15) is 5.75 Å². The minimum Gasteiger partial charge on any atom is -0.493 e. The van der Waals surface area contributed by atoms with Crippen molar-refractivity contribution in [2.24, 2.45) is 5.92 Å². The fourth-order valence-corrected chi connectivity index (χ4v) is 3.54. The van der Waals surface area contributed by atoms with E-state index in [4.69, 9.17) is 4.74 Å². The molecule has 1 saturated heterocycles. The van der Waals surface area contributed by atoms with Crippen LogP contribution in [-0.2, 0) is 9.84 Å². The molecule has 0 N–H and O–H groups in total. The summed E-state index contributed by atoms with van der Waals surface area (Å²) in [4.78, 5) is 6.65. The van der Waals surface area contributed by atoms with Crippen LogP contribution >= 0.6 is 0 Å². The first-order chi connectivity index (χ1) is 11.5. The molecule has 5 nitrogen and oxygen atoms in total. The molecule has 1 aliphatic rings. The average molecular weight is 346 g/mol. The lowest BCUT2D eigenvalue weighted by Gasteiger charge is -2.33. The van der Waals surface area contributed by atoms with Gasteiger partial charge in [-0.25, -0.2) is 8.42 Å². The van der Waals surface area contributed by atoms with Crippen LogP contribution in [0.15, 0.2) is 53.7 Å². The maximum absolute atomic E-state index is 11.5. The van der Waals surface area contributed by atoms with Crippen LogP contribution in [0.4, 0.5) is 5.69 Å². The van der Waals surface area contributed by atoms with E-state index < -0.39 is 9.84 Å². The maximum Gasteiger partial charge on any atom is 0.175 e. The van der Waals surface area contributed by atoms with Gasteiger partial charge in [-0.2, -0.15) is 0 Å². The second-order valence-electron chi connectivity index (χ2n) is 6.19. The first-order valence-electron chi connectivity index (χ1n) is 8.10. The Hall–Kier alpha value is -2.08. The van der Waals surface area contributed by atoms with Gasteiger partial charge in [0.15, 0.2) is 9.84 Å². The molecule has 1 fully saturated rings. The van der Waals surface area contributed by atoms with Gasteiger partial charge >= 0.3 is 0 Å². The summed E-state index contributed by atoms with van der Waals surface area (Å²) in [5.74, 6) is 1.41. The van der Waals surface area contributed by atoms with Crippen LogP contribution in [-0.4, -0.2) is 39.4 Å². The number of piperidine rings is 1. The third-order valence-electron chi connectivity index (χ3n) is 4.38. The molecule has 0 atom stereocenters. The number of benzene rings is 1. The second kappa shape index (κ2) is 7.21. The van der Waals surface area contributed by atoms with Gasteiger partial charge in [0, 0.05) is 37.4 Å². The van der Waals surface area contributed by atoms with E-state index in [1.54, 1.807) is 24.5 Å². The number of ether oxygens (including phenoxy) is 1. The van der Waals surface area contributed by atoms with Crippen molar-refractivity contribution in [1.82, 2.24) is 4.98 Å². The summed E-state index contributed by atoms with van der Waals surface area (Å²) in [6.07, 6.45) is 6.84. The van der Waals surface area contributed by atoms with E-state index in [9.17, 15) is 8.42 Å². The third kappa shape index (κ3) is 4.26. The first kappa shape index (κ1) is 16.8. The van der Waals surface area contributed by atoms with E-state index in [1.807, 2.05) is 24.3 Å². The number of hydrogen-bond donors (Lipinski definition) is 0. The summed E-state index contributed by atoms with van der Waals surface area (Å²) in [6.45, 7) is 2.65. The third-order valence-corrected chi connectivity index (χ3v) is 5.51. The quantitative estimate of drug-likeness (QED) is 0.833. The fraction of sp³-hybridized carbons (Fsp3) is 0.389. The Morgan fingerprint density at radius 2 is 1.71 bits per heavy atom. The zero-order valence-corrected chi connectivity index (χ0v) is 14.6. The van der Waals surface area contributed by atoms with Crippen LogP contribution in [0.2, 0.25) is 0 Å². The van der Waals surface area contributed by atoms with E-state index in [0.29, 0.717) is 10.8 Å². The zero-order chi connectivity index (χ0) is 17.0. The number of hydrogen-bond acceptors (Lipinski definition) is 5. The number of aromatic nitrogens is 1. The van der Waals surface area contributed by atoms with Crippen molar-refractivity contribution in [2.75, 3.05) is 30.9 Å². The molecule has 1 aromatic heterocycles. The fourth-order valence-electron chi connectivity index (χ4n) is 2.91. The molecular formula is C18H22N2O3S. The highest BCUT2D eigenvalue weighted by Gasteiger charge is 2.20. The Kier molecular flexibility index (Phi) is 5.04. The Morgan fingerprint density at radius 1 is 1.08 bits per heavy atom. The zero-order valence-electron chi connectivity index (χ0n) is 13.8. The minimum absolute atomic E-state index is 0.367. The highest BCUT2D eigenvalue weighted by molar-refractivity contribution is 7.90. The van der Waals surface area contributed by atoms with Gasteiger partial charge in [-0.05, 0) is 55.2 Å². The maximum atomic E-state index is 11.5. The lowest BCUT2D eigenvalue weighted by molar-refractivity contribution is 0.222. The molecule has 1 aliphatic heterocycles. The first-order valence-corrected chi connectivity index (χ1v) is 9.99. The molecular weight excluding hydrogens is 324 g/mol. The van der Waals surface area contributed by atoms with Crippen LogP contribution < -0.4 is 9.64 Å². The van der Waals surface area contributed by atoms with Gasteiger partial charge in [0.2, 0.25) is 0 Å². The predicted octanol–water partition coefficient (Wildman–Crippen LogP) is 2.78. The Balaban J connectivity index is 1.51. The molecule has 0 saturated carbocycles. The van der Waals surface area contributed by atoms with Crippen LogP contribution in [0.1, 0.15) is 12.8 Å². The van der Waals surface area contributed by atoms with Crippen molar-refractivity contribution in [3.05, 3.63) is 48.8 Å². The predicted molar refractivity (Wildman–Crippen MR) is 94.2 cm³/mol. The van der Waals surface area contributed by atoms with Crippen LogP contribution in [0.3, 0.4) is 0 Å². The molecule has 0 amide bonds. The normalized spacial score (nSPS) is 16.1. The lowest BCUT2D eigenvalue weighted by Crippen LogP contribution is -2.35. The van der Waals surface area contributed by atoms with E-state index in [0.717, 1.165) is 44.0 Å². The number of nitrogens with zero attached hydrogens (tertiary/aromatic N) is 2. The molecule has 1 aromatic carbocycles. The second-order valence-corrected chi connectivity index (χ2v) is 8.21. The molecule has 0 spiro atoms. The number of sulfone groups is 1. The van der Waals surface area contributed by atoms with E-state index in [1.165, 1.54) is 6.26 Å². The van der Waals surface area contributed by atoms with Crippen LogP contribution in [0, 0.1) is 5.92 Å². The van der Waals surface area contributed by atoms with Gasteiger partial charge in [-0.1, -0.05) is 0 Å². The Bertz CT molecular complexity index is 753. The molecule has 2 heterocycles. The molecule has 0 unspecified atom stereocenters. The summed E-state index contributed by atoms with van der Waals surface area (Å²) in [6, 6.07) is 10.9. The molecule has 24 heavy (non-hydrogen) atoms. The molecule has 0 radical (unpaired) electrons. The summed E-state index contributed by atoms with van der Waals surface area (Å²) in [5, 5.41) is 0. The van der Waals surface area contributed by atoms with Crippen molar-refractivity contribution < 1.29 is 13.2 Å². The molecule has 6 heteroatoms. The monoisotopic (exact) mass is 346 g/mol. The van der Waals surface area contributed by atoms with E-state index in [2.05, 4.69) is 9.88 Å². The smallest absolute Gasteiger partial charge is 0.175 e. The topological polar surface area (TPSA) is 59.5 Å². The van der Waals surface area contributed by atoms with E-state index in [-0.39, 0.29) is 0 Å². The molecule has 0 bridgehead atoms. The van der Waals surface area contributed by atoms with Crippen molar-refractivity contribution in [3.63, 3.8) is 0 Å². The number of anilines is 1. The van der Waals surface area contributed by atoms with Gasteiger partial charge < -0.3 is 9.64 Å². The number of rotatable bonds is 5. The molecule has 128 valence electrons. The van der Waals surface area contributed by atoms with Gasteiger partial charge in [0.25, 0.3) is 0 Å². The largest absolute Gasteiger partial charge is 0.493 e. The van der Waals surface area contributed by atoms with Crippen molar-refractivity contribution >= 4 is 15.5 Å². The lowest BCUT2D eigenvalue weighted by atomic mass is 9.97. The summed E-state index contributed by atoms with van der Waals surface area (Å²) in [5.41, 5.74) is 1.08. The van der Waals surface area contributed by atoms with Crippen LogP contribution in [0.5, 0.6) is 5.75 Å². The van der Waals surface area contributed by atoms with Gasteiger partial charge in [-0.15, -0.1) is 0 Å². The standard InChI is InChI=1S/C18H22N2O3S/c1-24(21,22)18-4-2-16(3-5-18)20-12-8-15(9-13-20)14-23-17-6-10-19-11-7-17/h2-7,10-11,15H,8-9,12-14H2,1H3. The Labute approximate surface area is 143 Å². The van der Waals surface area contributed by atoms with E-state index >= 15 is 0 Å². The van der Waals surface area contributed by atoms with Crippen molar-refractivity contribution in [1.29, 1.82) is 0 Å². The van der Waals surface area contributed by atoms with Gasteiger partial charge in [-0.3, -0.25) is 4.98 Å². The minimum atomic E-state index is -3.13. The SMILES string of the molecule is CS(=O)(=O)c1ccc(N2CCC(COc3ccncc3)CC2)cc1. The van der Waals surface area contributed by atoms with Crippen LogP contribution in [0.25, 0.3) is 0 Å². The average Bonchev–Trinajstić information content (AvgIpc) is 2.61. The Morgan fingerprint density at radius 3 is 2.29 bits per heavy atom. The summed E-state index contributed by atoms with van der Waals surface area (Å²) >= 11 is 0. The highest BCUT2D eigenvalue weighted by atomic mass is 32.2. The number of pyridine rings is 1. The highest BCUT2D eigenvalue weighted by Crippen LogP contribution is 2.25. The van der Waals surface area contributed by atoms with Gasteiger partial charge in [0.05, 0.1) is 11.5 Å². The molecule has 0 aliphatic carbocycles. The molecule has 3 rings (SSSR count). The molecule has 2 aromatic rings. The summed E-state index contributed by atoms with van der Waals surface area (Å²) in [7, 11) is -3.13. The van der Waals surface area contributed by atoms with Crippen molar-refractivity contribution in [3.8, 4) is 5.75 Å². The van der Waals surface area contributed by atoms with Crippen molar-refractivity contribution in [2.45, 2.75) is 17.7 Å².